The third kappa shape index (κ3) is 3.33. The van der Waals surface area contributed by atoms with Crippen molar-refractivity contribution < 1.29 is 14.3 Å². The maximum atomic E-state index is 12.2. The molecule has 0 aliphatic carbocycles. The standard InChI is InChI=1S/C16H19N3O3/c20-15-9-8-14(16(21)17-11-13-7-4-10-22-13)18-19(15)12-5-2-1-3-6-12/h1-3,5-6,13H,4,7-11H2,(H,17,21)/t13-/m1/s1. The number of benzene rings is 1. The van der Waals surface area contributed by atoms with E-state index < -0.39 is 0 Å². The molecule has 1 saturated heterocycles. The summed E-state index contributed by atoms with van der Waals surface area (Å²) in [6.45, 7) is 1.26. The Bertz CT molecular complexity index is 580. The highest BCUT2D eigenvalue weighted by molar-refractivity contribution is 6.40. The Hall–Kier alpha value is -2.21. The Kier molecular flexibility index (Phi) is 4.48. The summed E-state index contributed by atoms with van der Waals surface area (Å²) >= 11 is 0. The third-order valence-electron chi connectivity index (χ3n) is 3.81. The first-order valence-corrected chi connectivity index (χ1v) is 7.59. The summed E-state index contributed by atoms with van der Waals surface area (Å²) in [5, 5.41) is 8.38. The minimum Gasteiger partial charge on any atom is -0.376 e. The Morgan fingerprint density at radius 2 is 2.14 bits per heavy atom. The van der Waals surface area contributed by atoms with Gasteiger partial charge in [-0.25, -0.2) is 5.01 Å². The van der Waals surface area contributed by atoms with Crippen LogP contribution in [0.15, 0.2) is 35.4 Å². The van der Waals surface area contributed by atoms with Gasteiger partial charge in [-0.3, -0.25) is 9.59 Å². The highest BCUT2D eigenvalue weighted by Crippen LogP contribution is 2.19. The number of ether oxygens (including phenoxy) is 1. The van der Waals surface area contributed by atoms with Crippen LogP contribution in [-0.4, -0.2) is 36.8 Å². The van der Waals surface area contributed by atoms with E-state index in [1.807, 2.05) is 18.2 Å². The molecule has 1 aromatic rings. The van der Waals surface area contributed by atoms with Gasteiger partial charge in [0.15, 0.2) is 0 Å². The number of hydrogen-bond donors (Lipinski definition) is 1. The Morgan fingerprint density at radius 1 is 1.32 bits per heavy atom. The summed E-state index contributed by atoms with van der Waals surface area (Å²) < 4.78 is 5.48. The topological polar surface area (TPSA) is 71.0 Å². The van der Waals surface area contributed by atoms with Crippen molar-refractivity contribution in [3.05, 3.63) is 30.3 Å². The summed E-state index contributed by atoms with van der Waals surface area (Å²) in [5.74, 6) is -0.314. The minimum absolute atomic E-state index is 0.0955. The van der Waals surface area contributed by atoms with Crippen LogP contribution in [0.3, 0.4) is 0 Å². The number of hydrogen-bond acceptors (Lipinski definition) is 4. The van der Waals surface area contributed by atoms with Crippen LogP contribution in [0.5, 0.6) is 0 Å². The van der Waals surface area contributed by atoms with Gasteiger partial charge >= 0.3 is 0 Å². The fraction of sp³-hybridized carbons (Fsp3) is 0.438. The fourth-order valence-electron chi connectivity index (χ4n) is 2.60. The van der Waals surface area contributed by atoms with Gasteiger partial charge in [0.1, 0.15) is 5.71 Å². The van der Waals surface area contributed by atoms with E-state index in [9.17, 15) is 9.59 Å². The Morgan fingerprint density at radius 3 is 2.86 bits per heavy atom. The first-order chi connectivity index (χ1) is 10.7. The van der Waals surface area contributed by atoms with E-state index in [-0.39, 0.29) is 17.9 Å². The molecule has 2 aliphatic rings. The highest BCUT2D eigenvalue weighted by Gasteiger charge is 2.26. The van der Waals surface area contributed by atoms with Crippen LogP contribution < -0.4 is 10.3 Å². The van der Waals surface area contributed by atoms with Gasteiger partial charge in [-0.1, -0.05) is 18.2 Å². The summed E-state index contributed by atoms with van der Waals surface area (Å²) in [5.41, 5.74) is 1.07. The molecule has 1 atom stereocenters. The second kappa shape index (κ2) is 6.70. The maximum Gasteiger partial charge on any atom is 0.267 e. The number of nitrogens with zero attached hydrogens (tertiary/aromatic N) is 2. The van der Waals surface area contributed by atoms with Gasteiger partial charge in [-0.15, -0.1) is 0 Å². The number of amides is 2. The summed E-state index contributed by atoms with van der Waals surface area (Å²) in [7, 11) is 0. The molecule has 6 heteroatoms. The smallest absolute Gasteiger partial charge is 0.267 e. The molecule has 3 rings (SSSR count). The quantitative estimate of drug-likeness (QED) is 0.915. The number of carbonyl (C=O) groups is 2. The van der Waals surface area contributed by atoms with Crippen LogP contribution in [-0.2, 0) is 14.3 Å². The van der Waals surface area contributed by atoms with Crippen LogP contribution in [0, 0.1) is 0 Å². The normalized spacial score (nSPS) is 21.6. The summed E-state index contributed by atoms with van der Waals surface area (Å²) in [4.78, 5) is 24.2. The zero-order chi connectivity index (χ0) is 15.4. The summed E-state index contributed by atoms with van der Waals surface area (Å²) in [6.07, 6.45) is 2.78. The molecule has 1 aromatic carbocycles. The van der Waals surface area contributed by atoms with Crippen LogP contribution in [0.25, 0.3) is 0 Å². The number of carbonyl (C=O) groups excluding carboxylic acids is 2. The molecule has 0 unspecified atom stereocenters. The van der Waals surface area contributed by atoms with Gasteiger partial charge < -0.3 is 10.1 Å². The molecule has 1 N–H and O–H groups in total. The van der Waals surface area contributed by atoms with Crippen molar-refractivity contribution in [2.24, 2.45) is 5.10 Å². The van der Waals surface area contributed by atoms with Crippen molar-refractivity contribution in [2.45, 2.75) is 31.8 Å². The van der Waals surface area contributed by atoms with Gasteiger partial charge in [0.25, 0.3) is 5.91 Å². The van der Waals surface area contributed by atoms with Crippen LogP contribution >= 0.6 is 0 Å². The van der Waals surface area contributed by atoms with Gasteiger partial charge in [-0.05, 0) is 25.0 Å². The second-order valence-electron chi connectivity index (χ2n) is 5.43. The van der Waals surface area contributed by atoms with E-state index in [4.69, 9.17) is 4.74 Å². The Balaban J connectivity index is 1.67. The van der Waals surface area contributed by atoms with Crippen molar-refractivity contribution in [3.63, 3.8) is 0 Å². The molecule has 22 heavy (non-hydrogen) atoms. The molecule has 2 amide bonds. The van der Waals surface area contributed by atoms with Crippen molar-refractivity contribution in [1.82, 2.24) is 5.32 Å². The van der Waals surface area contributed by atoms with Crippen LogP contribution in [0.2, 0.25) is 0 Å². The molecule has 0 radical (unpaired) electrons. The Labute approximate surface area is 129 Å². The number of para-hydroxylation sites is 1. The average molecular weight is 301 g/mol. The molecule has 0 aromatic heterocycles. The maximum absolute atomic E-state index is 12.2. The van der Waals surface area contributed by atoms with Crippen molar-refractivity contribution in [2.75, 3.05) is 18.2 Å². The first-order valence-electron chi connectivity index (χ1n) is 7.59. The molecule has 2 heterocycles. The predicted molar refractivity (Wildman–Crippen MR) is 82.6 cm³/mol. The molecule has 116 valence electrons. The van der Waals surface area contributed by atoms with E-state index in [1.165, 1.54) is 5.01 Å². The number of anilines is 1. The van der Waals surface area contributed by atoms with Crippen molar-refractivity contribution >= 4 is 23.2 Å². The molecule has 6 nitrogen and oxygen atoms in total. The molecule has 0 spiro atoms. The highest BCUT2D eigenvalue weighted by atomic mass is 16.5. The van der Waals surface area contributed by atoms with Crippen LogP contribution in [0.4, 0.5) is 5.69 Å². The lowest BCUT2D eigenvalue weighted by atomic mass is 10.1. The zero-order valence-electron chi connectivity index (χ0n) is 12.3. The van der Waals surface area contributed by atoms with Gasteiger partial charge in [0, 0.05) is 26.0 Å². The van der Waals surface area contributed by atoms with Gasteiger partial charge in [0.2, 0.25) is 5.91 Å². The summed E-state index contributed by atoms with van der Waals surface area (Å²) in [6, 6.07) is 9.15. The van der Waals surface area contributed by atoms with E-state index in [1.54, 1.807) is 12.1 Å². The molecule has 0 bridgehead atoms. The van der Waals surface area contributed by atoms with E-state index in [2.05, 4.69) is 10.4 Å². The second-order valence-corrected chi connectivity index (χ2v) is 5.43. The number of hydrazone groups is 1. The minimum atomic E-state index is -0.219. The van der Waals surface area contributed by atoms with Gasteiger partial charge in [-0.2, -0.15) is 5.10 Å². The molecular weight excluding hydrogens is 282 g/mol. The van der Waals surface area contributed by atoms with Gasteiger partial charge in [0.05, 0.1) is 11.8 Å². The number of rotatable bonds is 4. The lowest BCUT2D eigenvalue weighted by Crippen LogP contribution is -2.41. The lowest BCUT2D eigenvalue weighted by Gasteiger charge is -2.23. The van der Waals surface area contributed by atoms with E-state index in [0.29, 0.717) is 30.8 Å². The zero-order valence-corrected chi connectivity index (χ0v) is 12.3. The average Bonchev–Trinajstić information content (AvgIpc) is 3.07. The first kappa shape index (κ1) is 14.7. The lowest BCUT2D eigenvalue weighted by molar-refractivity contribution is -0.119. The van der Waals surface area contributed by atoms with Crippen molar-refractivity contribution in [1.29, 1.82) is 0 Å². The van der Waals surface area contributed by atoms with Crippen molar-refractivity contribution in [3.8, 4) is 0 Å². The molecule has 1 fully saturated rings. The molecule has 0 saturated carbocycles. The predicted octanol–water partition coefficient (Wildman–Crippen LogP) is 1.46. The largest absolute Gasteiger partial charge is 0.376 e. The fourth-order valence-corrected chi connectivity index (χ4v) is 2.60. The van der Waals surface area contributed by atoms with Crippen LogP contribution in [0.1, 0.15) is 25.7 Å². The monoisotopic (exact) mass is 301 g/mol. The van der Waals surface area contributed by atoms with E-state index in [0.717, 1.165) is 19.4 Å². The molecular formula is C16H19N3O3. The van der Waals surface area contributed by atoms with E-state index >= 15 is 0 Å². The SMILES string of the molecule is O=C(NC[C@H]1CCCO1)C1=NN(c2ccccc2)C(=O)CC1. The third-order valence-corrected chi connectivity index (χ3v) is 3.81. The molecule has 2 aliphatic heterocycles. The number of nitrogens with one attached hydrogen (secondary N) is 1.